The minimum atomic E-state index is -0.300. The van der Waals surface area contributed by atoms with Crippen molar-refractivity contribution in [3.8, 4) is 5.75 Å². The van der Waals surface area contributed by atoms with Crippen LogP contribution in [0.4, 0.5) is 0 Å². The third kappa shape index (κ3) is 2.54. The molecule has 0 spiro atoms. The van der Waals surface area contributed by atoms with Gasteiger partial charge in [-0.05, 0) is 50.8 Å². The summed E-state index contributed by atoms with van der Waals surface area (Å²) >= 11 is 3.60. The van der Waals surface area contributed by atoms with Gasteiger partial charge in [0.25, 0.3) is 0 Å². The van der Waals surface area contributed by atoms with Crippen LogP contribution in [-0.4, -0.2) is 19.3 Å². The Balaban J connectivity index is 2.54. The second-order valence-electron chi connectivity index (χ2n) is 5.49. The number of nitrogens with two attached hydrogens (primary N) is 1. The smallest absolute Gasteiger partial charge is 0.126 e. The topological polar surface area (TPSA) is 44.5 Å². The molecule has 0 bridgehead atoms. The molecule has 0 saturated carbocycles. The average Bonchev–Trinajstić information content (AvgIpc) is 2.81. The fourth-order valence-corrected chi connectivity index (χ4v) is 3.43. The number of ether oxygens (including phenoxy) is 2. The Hall–Kier alpha value is -0.580. The normalized spacial score (nSPS) is 24.5. The molecule has 0 amide bonds. The summed E-state index contributed by atoms with van der Waals surface area (Å²) < 4.78 is 12.5. The molecule has 1 heterocycles. The van der Waals surface area contributed by atoms with Gasteiger partial charge in [-0.1, -0.05) is 15.9 Å². The maximum Gasteiger partial charge on any atom is 0.126 e. The van der Waals surface area contributed by atoms with Crippen LogP contribution < -0.4 is 10.5 Å². The van der Waals surface area contributed by atoms with E-state index >= 15 is 0 Å². The average molecular weight is 328 g/mol. The molecule has 1 aromatic rings. The third-order valence-corrected chi connectivity index (χ3v) is 4.95. The molecule has 1 saturated heterocycles. The van der Waals surface area contributed by atoms with Crippen molar-refractivity contribution in [3.63, 3.8) is 0 Å². The zero-order chi connectivity index (χ0) is 14.2. The SMILES string of the molecule is COc1c(C)cc(Br)c(C)c1C(N)C1(C)CCCO1. The first-order chi connectivity index (χ1) is 8.90. The molecule has 1 aliphatic heterocycles. The van der Waals surface area contributed by atoms with Crippen molar-refractivity contribution in [1.29, 1.82) is 0 Å². The van der Waals surface area contributed by atoms with Crippen LogP contribution in [0, 0.1) is 13.8 Å². The van der Waals surface area contributed by atoms with Crippen molar-refractivity contribution in [2.75, 3.05) is 13.7 Å². The van der Waals surface area contributed by atoms with Crippen molar-refractivity contribution < 1.29 is 9.47 Å². The summed E-state index contributed by atoms with van der Waals surface area (Å²) in [6, 6.07) is 1.89. The molecular formula is C15H22BrNO2. The summed E-state index contributed by atoms with van der Waals surface area (Å²) in [5.41, 5.74) is 9.50. The highest BCUT2D eigenvalue weighted by Gasteiger charge is 2.39. The van der Waals surface area contributed by atoms with Gasteiger partial charge in [-0.25, -0.2) is 0 Å². The minimum Gasteiger partial charge on any atom is -0.496 e. The molecule has 2 unspecified atom stereocenters. The second kappa shape index (κ2) is 5.43. The van der Waals surface area contributed by atoms with Gasteiger partial charge in [0, 0.05) is 16.6 Å². The Labute approximate surface area is 123 Å². The molecule has 1 fully saturated rings. The minimum absolute atomic E-state index is 0.179. The van der Waals surface area contributed by atoms with Crippen molar-refractivity contribution in [2.24, 2.45) is 5.73 Å². The predicted molar refractivity (Wildman–Crippen MR) is 80.7 cm³/mol. The lowest BCUT2D eigenvalue weighted by molar-refractivity contribution is -0.00245. The van der Waals surface area contributed by atoms with E-state index in [1.165, 1.54) is 0 Å². The molecule has 1 aliphatic rings. The van der Waals surface area contributed by atoms with E-state index in [9.17, 15) is 0 Å². The number of hydrogen-bond donors (Lipinski definition) is 1. The number of benzene rings is 1. The first-order valence-corrected chi connectivity index (χ1v) is 7.43. The first-order valence-electron chi connectivity index (χ1n) is 6.64. The highest BCUT2D eigenvalue weighted by Crippen LogP contribution is 2.43. The van der Waals surface area contributed by atoms with E-state index in [1.54, 1.807) is 7.11 Å². The Morgan fingerprint density at radius 3 is 2.68 bits per heavy atom. The van der Waals surface area contributed by atoms with Gasteiger partial charge >= 0.3 is 0 Å². The molecule has 2 atom stereocenters. The van der Waals surface area contributed by atoms with Crippen LogP contribution in [0.25, 0.3) is 0 Å². The molecule has 2 N–H and O–H groups in total. The third-order valence-electron chi connectivity index (χ3n) is 4.13. The van der Waals surface area contributed by atoms with E-state index in [2.05, 4.69) is 35.8 Å². The van der Waals surface area contributed by atoms with Gasteiger partial charge < -0.3 is 15.2 Å². The lowest BCUT2D eigenvalue weighted by Crippen LogP contribution is -2.38. The summed E-state index contributed by atoms with van der Waals surface area (Å²) in [5.74, 6) is 0.880. The van der Waals surface area contributed by atoms with Gasteiger partial charge in [0.05, 0.1) is 18.8 Å². The number of halogens is 1. The Morgan fingerprint density at radius 2 is 2.16 bits per heavy atom. The van der Waals surface area contributed by atoms with Gasteiger partial charge in [0.15, 0.2) is 0 Å². The number of rotatable bonds is 3. The summed E-state index contributed by atoms with van der Waals surface area (Å²) in [7, 11) is 1.70. The molecule has 2 rings (SSSR count). The zero-order valence-electron chi connectivity index (χ0n) is 12.0. The molecule has 4 heteroatoms. The van der Waals surface area contributed by atoms with Crippen molar-refractivity contribution in [3.05, 3.63) is 27.2 Å². The lowest BCUT2D eigenvalue weighted by atomic mass is 9.85. The van der Waals surface area contributed by atoms with Crippen molar-refractivity contribution in [2.45, 2.75) is 45.3 Å². The molecule has 106 valence electrons. The zero-order valence-corrected chi connectivity index (χ0v) is 13.6. The summed E-state index contributed by atoms with van der Waals surface area (Å²) in [6.45, 7) is 7.00. The summed E-state index contributed by atoms with van der Waals surface area (Å²) in [5, 5.41) is 0. The Morgan fingerprint density at radius 1 is 1.47 bits per heavy atom. The summed E-state index contributed by atoms with van der Waals surface area (Å²) in [6.07, 6.45) is 2.06. The van der Waals surface area contributed by atoms with Crippen molar-refractivity contribution >= 4 is 15.9 Å². The Kier molecular flexibility index (Phi) is 4.23. The van der Waals surface area contributed by atoms with Gasteiger partial charge in [-0.2, -0.15) is 0 Å². The molecule has 19 heavy (non-hydrogen) atoms. The molecular weight excluding hydrogens is 306 g/mol. The molecule has 1 aromatic carbocycles. The van der Waals surface area contributed by atoms with Gasteiger partial charge in [-0.3, -0.25) is 0 Å². The largest absolute Gasteiger partial charge is 0.496 e. The second-order valence-corrected chi connectivity index (χ2v) is 6.34. The van der Waals surface area contributed by atoms with Crippen LogP contribution in [0.3, 0.4) is 0 Å². The van der Waals surface area contributed by atoms with E-state index in [0.717, 1.165) is 46.4 Å². The molecule has 0 radical (unpaired) electrons. The molecule has 0 aliphatic carbocycles. The van der Waals surface area contributed by atoms with Crippen LogP contribution in [0.2, 0.25) is 0 Å². The maximum atomic E-state index is 6.52. The van der Waals surface area contributed by atoms with Crippen LogP contribution >= 0.6 is 15.9 Å². The number of methoxy groups -OCH3 is 1. The Bertz CT molecular complexity index is 482. The van der Waals surface area contributed by atoms with Crippen LogP contribution in [-0.2, 0) is 4.74 Å². The lowest BCUT2D eigenvalue weighted by Gasteiger charge is -2.33. The maximum absolute atomic E-state index is 6.52. The standard InChI is InChI=1S/C15H22BrNO2/c1-9-8-11(16)10(2)12(13(9)18-4)14(17)15(3)6-5-7-19-15/h8,14H,5-7,17H2,1-4H3. The van der Waals surface area contributed by atoms with Crippen LogP contribution in [0.1, 0.15) is 42.5 Å². The van der Waals surface area contributed by atoms with Crippen LogP contribution in [0.15, 0.2) is 10.5 Å². The highest BCUT2D eigenvalue weighted by molar-refractivity contribution is 9.10. The van der Waals surface area contributed by atoms with E-state index < -0.39 is 0 Å². The monoisotopic (exact) mass is 327 g/mol. The van der Waals surface area contributed by atoms with Gasteiger partial charge in [-0.15, -0.1) is 0 Å². The molecule has 3 nitrogen and oxygen atoms in total. The van der Waals surface area contributed by atoms with Crippen LogP contribution in [0.5, 0.6) is 5.75 Å². The highest BCUT2D eigenvalue weighted by atomic mass is 79.9. The van der Waals surface area contributed by atoms with E-state index in [0.29, 0.717) is 0 Å². The summed E-state index contributed by atoms with van der Waals surface area (Å²) in [4.78, 5) is 0. The molecule has 0 aromatic heterocycles. The predicted octanol–water partition coefficient (Wildman–Crippen LogP) is 3.64. The number of hydrogen-bond acceptors (Lipinski definition) is 3. The first kappa shape index (κ1) is 14.8. The quantitative estimate of drug-likeness (QED) is 0.921. The van der Waals surface area contributed by atoms with Gasteiger partial charge in [0.1, 0.15) is 5.75 Å². The van der Waals surface area contributed by atoms with Gasteiger partial charge in [0.2, 0.25) is 0 Å². The number of aryl methyl sites for hydroxylation is 1. The fourth-order valence-electron chi connectivity index (χ4n) is 2.87. The van der Waals surface area contributed by atoms with Crippen molar-refractivity contribution in [1.82, 2.24) is 0 Å². The van der Waals surface area contributed by atoms with E-state index in [-0.39, 0.29) is 11.6 Å². The van der Waals surface area contributed by atoms with E-state index in [1.807, 2.05) is 6.92 Å². The van der Waals surface area contributed by atoms with E-state index in [4.69, 9.17) is 15.2 Å². The fraction of sp³-hybridized carbons (Fsp3) is 0.600.